The van der Waals surface area contributed by atoms with Gasteiger partial charge in [-0.3, -0.25) is 9.59 Å². The molecule has 17 atom stereocenters. The van der Waals surface area contributed by atoms with Gasteiger partial charge in [-0.25, -0.2) is 4.79 Å². The SMILES string of the molecule is O=C(O)CC(O)(C(=O)O)C(C(=O)O)C1(O[C@H]2[C@H](O)[C@@H](O)C(O[C@H]3[C@H](O)[C@@H](O)[C@@H](O)O[C@@H]3CO)O[C@@H]2CO)O[C@H](CO)[C@@H](O)[C@H](O)[C@H]1O. The van der Waals surface area contributed by atoms with Gasteiger partial charge in [-0.1, -0.05) is 0 Å². The van der Waals surface area contributed by atoms with Crippen LogP contribution in [0.15, 0.2) is 0 Å². The highest BCUT2D eigenvalue weighted by Gasteiger charge is 2.70. The monoisotopic (exact) mass is 694 g/mol. The Morgan fingerprint density at radius 2 is 1.23 bits per heavy atom. The number of carboxylic acids is 3. The lowest BCUT2D eigenvalue weighted by Crippen LogP contribution is -2.76. The Bertz CT molecular complexity index is 1100. The van der Waals surface area contributed by atoms with Crippen molar-refractivity contribution in [1.82, 2.24) is 0 Å². The number of carboxylic acid groups (broad SMARTS) is 3. The lowest BCUT2D eigenvalue weighted by molar-refractivity contribution is -0.426. The van der Waals surface area contributed by atoms with Gasteiger partial charge in [0.1, 0.15) is 73.2 Å². The summed E-state index contributed by atoms with van der Waals surface area (Å²) in [5.41, 5.74) is -3.98. The summed E-state index contributed by atoms with van der Waals surface area (Å²) in [6.07, 6.45) is -32.7. The third kappa shape index (κ3) is 7.22. The highest BCUT2D eigenvalue weighted by atomic mass is 16.8. The van der Waals surface area contributed by atoms with Crippen LogP contribution in [0.4, 0.5) is 0 Å². The Hall–Kier alpha value is -2.27. The number of aliphatic hydroxyl groups is 12. The molecule has 0 aromatic rings. The maximum atomic E-state index is 12.6. The van der Waals surface area contributed by atoms with Gasteiger partial charge in [0.15, 0.2) is 24.1 Å². The molecular formula is C24H38O23. The number of ether oxygens (including phenoxy) is 5. The molecule has 0 aromatic carbocycles. The first-order chi connectivity index (χ1) is 21.8. The predicted octanol–water partition coefficient (Wildman–Crippen LogP) is -9.21. The van der Waals surface area contributed by atoms with Crippen molar-refractivity contribution in [3.63, 3.8) is 0 Å². The van der Waals surface area contributed by atoms with Crippen LogP contribution >= 0.6 is 0 Å². The molecule has 0 radical (unpaired) electrons. The molecule has 0 saturated carbocycles. The molecule has 0 bridgehead atoms. The van der Waals surface area contributed by atoms with Gasteiger partial charge >= 0.3 is 17.9 Å². The van der Waals surface area contributed by atoms with E-state index in [1.807, 2.05) is 0 Å². The molecule has 0 amide bonds. The van der Waals surface area contributed by atoms with Crippen LogP contribution in [0.2, 0.25) is 0 Å². The molecule has 3 rings (SSSR count). The summed E-state index contributed by atoms with van der Waals surface area (Å²) in [6.45, 7) is -3.51. The second kappa shape index (κ2) is 15.1. The van der Waals surface area contributed by atoms with Crippen molar-refractivity contribution in [2.75, 3.05) is 19.8 Å². The molecule has 3 saturated heterocycles. The highest BCUT2D eigenvalue weighted by molar-refractivity contribution is 5.90. The minimum Gasteiger partial charge on any atom is -0.481 e. The zero-order chi connectivity index (χ0) is 35.8. The number of aliphatic carboxylic acids is 3. The summed E-state index contributed by atoms with van der Waals surface area (Å²) in [5.74, 6) is -14.2. The van der Waals surface area contributed by atoms with E-state index in [0.717, 1.165) is 0 Å². The van der Waals surface area contributed by atoms with Gasteiger partial charge in [-0.2, -0.15) is 0 Å². The van der Waals surface area contributed by atoms with Gasteiger partial charge in [0.25, 0.3) is 0 Å². The standard InChI is InChI=1S/C24H38O23/c25-2-5-9(30)12(33)18(36)24(46-5,17(19(37)38)23(42,22(40)41)1-8(28)29)47-16-7(4-27)44-21(14(35)11(16)32)45-15-6(3-26)43-20(39)13(34)10(15)31/h5-7,9-18,20-21,25-27,30-36,39,42H,1-4H2,(H,28,29)(H,37,38)(H,40,41)/t5-,6-,7-,9-,10-,11-,12+,13-,14-,15-,16-,17?,18-,20+,21?,23?,24?/m1/s1. The summed E-state index contributed by atoms with van der Waals surface area (Å²) in [5, 5.41) is 154. The van der Waals surface area contributed by atoms with Crippen LogP contribution in [-0.4, -0.2) is 212 Å². The van der Waals surface area contributed by atoms with Gasteiger partial charge in [0.2, 0.25) is 5.79 Å². The minimum absolute atomic E-state index is 0.941. The van der Waals surface area contributed by atoms with Crippen molar-refractivity contribution in [2.45, 2.75) is 104 Å². The Morgan fingerprint density at radius 3 is 1.72 bits per heavy atom. The van der Waals surface area contributed by atoms with Crippen molar-refractivity contribution in [1.29, 1.82) is 0 Å². The minimum atomic E-state index is -3.98. The first-order valence-electron chi connectivity index (χ1n) is 13.8. The van der Waals surface area contributed by atoms with E-state index >= 15 is 0 Å². The number of carbonyl (C=O) groups is 3. The van der Waals surface area contributed by atoms with Crippen LogP contribution in [-0.2, 0) is 38.1 Å². The summed E-state index contributed by atoms with van der Waals surface area (Å²) >= 11 is 0. The van der Waals surface area contributed by atoms with Crippen molar-refractivity contribution in [2.24, 2.45) is 5.92 Å². The van der Waals surface area contributed by atoms with Crippen LogP contribution in [0.3, 0.4) is 0 Å². The summed E-state index contributed by atoms with van der Waals surface area (Å²) in [4.78, 5) is 36.3. The molecule has 47 heavy (non-hydrogen) atoms. The van der Waals surface area contributed by atoms with Crippen LogP contribution < -0.4 is 0 Å². The summed E-state index contributed by atoms with van der Waals surface area (Å²) in [6, 6.07) is 0. The van der Waals surface area contributed by atoms with Gasteiger partial charge in [-0.05, 0) is 0 Å². The average Bonchev–Trinajstić information content (AvgIpc) is 3.00. The first kappa shape index (κ1) is 39.2. The van der Waals surface area contributed by atoms with E-state index in [0.29, 0.717) is 0 Å². The number of rotatable bonds is 13. The fourth-order valence-electron chi connectivity index (χ4n) is 5.72. The molecule has 3 aliphatic heterocycles. The smallest absolute Gasteiger partial charge is 0.337 e. The van der Waals surface area contributed by atoms with Crippen LogP contribution in [0, 0.1) is 5.92 Å². The summed E-state index contributed by atoms with van der Waals surface area (Å²) < 4.78 is 26.5. The molecular weight excluding hydrogens is 656 g/mol. The fourth-order valence-corrected chi connectivity index (χ4v) is 5.72. The fraction of sp³-hybridized carbons (Fsp3) is 0.875. The zero-order valence-electron chi connectivity index (χ0n) is 24.0. The molecule has 23 heteroatoms. The molecule has 3 heterocycles. The van der Waals surface area contributed by atoms with E-state index in [-0.39, 0.29) is 0 Å². The van der Waals surface area contributed by atoms with Crippen molar-refractivity contribution in [3.05, 3.63) is 0 Å². The van der Waals surface area contributed by atoms with E-state index in [4.69, 9.17) is 23.7 Å². The maximum Gasteiger partial charge on any atom is 0.337 e. The predicted molar refractivity (Wildman–Crippen MR) is 136 cm³/mol. The van der Waals surface area contributed by atoms with E-state index in [2.05, 4.69) is 0 Å². The quantitative estimate of drug-likeness (QED) is 0.0850. The Labute approximate surface area is 262 Å². The van der Waals surface area contributed by atoms with Crippen LogP contribution in [0.1, 0.15) is 6.42 Å². The molecule has 3 fully saturated rings. The van der Waals surface area contributed by atoms with Gasteiger partial charge in [0.05, 0.1) is 26.2 Å². The molecule has 3 aliphatic rings. The number of hydrogen-bond acceptors (Lipinski definition) is 20. The van der Waals surface area contributed by atoms with E-state index in [1.165, 1.54) is 0 Å². The molecule has 0 spiro atoms. The largest absolute Gasteiger partial charge is 0.481 e. The summed E-state index contributed by atoms with van der Waals surface area (Å²) in [7, 11) is 0. The van der Waals surface area contributed by atoms with Crippen molar-refractivity contribution >= 4 is 17.9 Å². The normalized spacial score (nSPS) is 44.7. The van der Waals surface area contributed by atoms with Gasteiger partial charge in [0, 0.05) is 0 Å². The Morgan fingerprint density at radius 1 is 0.702 bits per heavy atom. The lowest BCUT2D eigenvalue weighted by Gasteiger charge is -2.55. The second-order valence-corrected chi connectivity index (χ2v) is 11.2. The molecule has 15 N–H and O–H groups in total. The van der Waals surface area contributed by atoms with Crippen molar-refractivity contribution in [3.8, 4) is 0 Å². The molecule has 272 valence electrons. The number of hydrogen-bond donors (Lipinski definition) is 15. The molecule has 4 unspecified atom stereocenters. The first-order valence-corrected chi connectivity index (χ1v) is 13.8. The van der Waals surface area contributed by atoms with E-state index in [1.54, 1.807) is 0 Å². The average molecular weight is 695 g/mol. The molecule has 0 aromatic heterocycles. The third-order valence-corrected chi connectivity index (χ3v) is 8.17. The van der Waals surface area contributed by atoms with Gasteiger partial charge < -0.3 is 100 Å². The van der Waals surface area contributed by atoms with E-state index < -0.39 is 147 Å². The van der Waals surface area contributed by atoms with Crippen LogP contribution in [0.5, 0.6) is 0 Å². The highest BCUT2D eigenvalue weighted by Crippen LogP contribution is 2.46. The number of aliphatic hydroxyl groups excluding tert-OH is 11. The third-order valence-electron chi connectivity index (χ3n) is 8.17. The van der Waals surface area contributed by atoms with Crippen molar-refractivity contribution < 1.29 is 115 Å². The molecule has 23 nitrogen and oxygen atoms in total. The van der Waals surface area contributed by atoms with Gasteiger partial charge in [-0.15, -0.1) is 0 Å². The zero-order valence-corrected chi connectivity index (χ0v) is 24.0. The Kier molecular flexibility index (Phi) is 12.6. The Balaban J connectivity index is 2.10. The van der Waals surface area contributed by atoms with E-state index in [9.17, 15) is 91.0 Å². The molecule has 0 aliphatic carbocycles. The second-order valence-electron chi connectivity index (χ2n) is 11.2. The van der Waals surface area contributed by atoms with Crippen LogP contribution in [0.25, 0.3) is 0 Å². The lowest BCUT2D eigenvalue weighted by atomic mass is 9.73. The maximum absolute atomic E-state index is 12.6. The topological polar surface area (TPSA) is 401 Å².